The zero-order valence-electron chi connectivity index (χ0n) is 12.8. The quantitative estimate of drug-likeness (QED) is 0.626. The van der Waals surface area contributed by atoms with Gasteiger partial charge in [-0.15, -0.1) is 0 Å². The molecule has 0 unspecified atom stereocenters. The number of hydrogen-bond donors (Lipinski definition) is 2. The first-order valence-electron chi connectivity index (χ1n) is 6.94. The summed E-state index contributed by atoms with van der Waals surface area (Å²) in [6, 6.07) is 5.87. The Morgan fingerprint density at radius 3 is 2.39 bits per heavy atom. The van der Waals surface area contributed by atoms with Crippen molar-refractivity contribution in [2.24, 2.45) is 17.0 Å². The Hall–Kier alpha value is -2.19. The van der Waals surface area contributed by atoms with Gasteiger partial charge in [-0.2, -0.15) is 0 Å². The van der Waals surface area contributed by atoms with Crippen molar-refractivity contribution in [1.82, 2.24) is 0 Å². The predicted octanol–water partition coefficient (Wildman–Crippen LogP) is 1.03. The number of sulfonamides is 1. The molecule has 2 atom stereocenters. The van der Waals surface area contributed by atoms with Crippen molar-refractivity contribution in [3.63, 3.8) is 0 Å². The molecule has 0 heterocycles. The number of benzene rings is 1. The monoisotopic (exact) mass is 338 g/mol. The molecule has 0 aromatic heterocycles. The summed E-state index contributed by atoms with van der Waals surface area (Å²) in [6.07, 6.45) is 1.89. The Bertz CT molecular complexity index is 753. The Balaban J connectivity index is 2.15. The van der Waals surface area contributed by atoms with Gasteiger partial charge in [-0.1, -0.05) is 6.92 Å². The second kappa shape index (κ2) is 6.51. The zero-order valence-corrected chi connectivity index (χ0v) is 13.6. The lowest BCUT2D eigenvalue weighted by Gasteiger charge is -2.26. The first-order chi connectivity index (χ1) is 10.7. The Kier molecular flexibility index (Phi) is 4.86. The SMILES string of the molecule is COC(=O)[C@@H]1C(=O)C=C(Nc2ccc(S(N)(=O)=O)cc2)C[C@H]1C. The van der Waals surface area contributed by atoms with Crippen LogP contribution >= 0.6 is 0 Å². The van der Waals surface area contributed by atoms with Gasteiger partial charge in [0.25, 0.3) is 0 Å². The van der Waals surface area contributed by atoms with Crippen molar-refractivity contribution >= 4 is 27.5 Å². The fourth-order valence-electron chi connectivity index (χ4n) is 2.54. The standard InChI is InChI=1S/C15H18N2O5S/c1-9-7-11(8-13(18)14(9)15(19)22-2)17-10-3-5-12(6-4-10)23(16,20)21/h3-6,8-9,14,17H,7H2,1-2H3,(H2,16,20,21)/t9-,14+/m1/s1. The highest BCUT2D eigenvalue weighted by Gasteiger charge is 2.35. The molecule has 0 amide bonds. The van der Waals surface area contributed by atoms with E-state index in [0.29, 0.717) is 17.8 Å². The van der Waals surface area contributed by atoms with Crippen LogP contribution in [0.2, 0.25) is 0 Å². The van der Waals surface area contributed by atoms with Gasteiger partial charge in [-0.05, 0) is 36.6 Å². The number of rotatable bonds is 4. The van der Waals surface area contributed by atoms with Gasteiger partial charge in [0.2, 0.25) is 10.0 Å². The summed E-state index contributed by atoms with van der Waals surface area (Å²) >= 11 is 0. The van der Waals surface area contributed by atoms with Crippen LogP contribution in [0.25, 0.3) is 0 Å². The summed E-state index contributed by atoms with van der Waals surface area (Å²) in [5, 5.41) is 8.09. The molecule has 8 heteroatoms. The third kappa shape index (κ3) is 3.96. The number of nitrogens with two attached hydrogens (primary N) is 1. The molecular weight excluding hydrogens is 320 g/mol. The lowest BCUT2D eigenvalue weighted by Crippen LogP contribution is -2.34. The fourth-order valence-corrected chi connectivity index (χ4v) is 3.06. The van der Waals surface area contributed by atoms with E-state index in [4.69, 9.17) is 5.14 Å². The molecule has 1 aliphatic rings. The second-order valence-electron chi connectivity index (χ2n) is 5.45. The summed E-state index contributed by atoms with van der Waals surface area (Å²) in [5.41, 5.74) is 1.28. The maximum Gasteiger partial charge on any atom is 0.316 e. The van der Waals surface area contributed by atoms with E-state index in [1.54, 1.807) is 19.1 Å². The van der Waals surface area contributed by atoms with Gasteiger partial charge in [0.15, 0.2) is 5.78 Å². The summed E-state index contributed by atoms with van der Waals surface area (Å²) in [5.74, 6) is -1.81. The van der Waals surface area contributed by atoms with Crippen molar-refractivity contribution < 1.29 is 22.7 Å². The van der Waals surface area contributed by atoms with E-state index in [1.807, 2.05) is 0 Å². The molecular formula is C15H18N2O5S. The summed E-state index contributed by atoms with van der Waals surface area (Å²) in [6.45, 7) is 1.80. The van der Waals surface area contributed by atoms with Crippen molar-refractivity contribution in [3.05, 3.63) is 36.0 Å². The summed E-state index contributed by atoms with van der Waals surface area (Å²) in [4.78, 5) is 23.7. The Morgan fingerprint density at radius 1 is 1.30 bits per heavy atom. The molecule has 0 aliphatic heterocycles. The van der Waals surface area contributed by atoms with Crippen LogP contribution in [0, 0.1) is 11.8 Å². The number of carbonyl (C=O) groups excluding carboxylic acids is 2. The van der Waals surface area contributed by atoms with Gasteiger partial charge in [0.1, 0.15) is 5.92 Å². The highest BCUT2D eigenvalue weighted by molar-refractivity contribution is 7.89. The predicted molar refractivity (Wildman–Crippen MR) is 83.8 cm³/mol. The number of hydrogen-bond acceptors (Lipinski definition) is 6. The van der Waals surface area contributed by atoms with Crippen LogP contribution in [0.15, 0.2) is 40.9 Å². The van der Waals surface area contributed by atoms with Crippen molar-refractivity contribution in [2.75, 3.05) is 12.4 Å². The van der Waals surface area contributed by atoms with Gasteiger partial charge < -0.3 is 10.1 Å². The molecule has 2 rings (SSSR count). The van der Waals surface area contributed by atoms with Crippen LogP contribution in [-0.2, 0) is 24.3 Å². The molecule has 124 valence electrons. The number of ether oxygens (including phenoxy) is 1. The third-order valence-electron chi connectivity index (χ3n) is 3.68. The van der Waals surface area contributed by atoms with Crippen molar-refractivity contribution in [1.29, 1.82) is 0 Å². The van der Waals surface area contributed by atoms with E-state index in [2.05, 4.69) is 10.1 Å². The number of ketones is 1. The van der Waals surface area contributed by atoms with Crippen LogP contribution in [0.1, 0.15) is 13.3 Å². The second-order valence-corrected chi connectivity index (χ2v) is 7.01. The van der Waals surface area contributed by atoms with Crippen LogP contribution in [-0.4, -0.2) is 27.3 Å². The topological polar surface area (TPSA) is 116 Å². The average molecular weight is 338 g/mol. The molecule has 0 radical (unpaired) electrons. The number of nitrogens with one attached hydrogen (secondary N) is 1. The van der Waals surface area contributed by atoms with Crippen LogP contribution < -0.4 is 10.5 Å². The van der Waals surface area contributed by atoms with Gasteiger partial charge in [0.05, 0.1) is 12.0 Å². The molecule has 0 fully saturated rings. The highest BCUT2D eigenvalue weighted by Crippen LogP contribution is 2.29. The van der Waals surface area contributed by atoms with E-state index in [1.165, 1.54) is 25.3 Å². The molecule has 1 aromatic rings. The number of esters is 1. The average Bonchev–Trinajstić information content (AvgIpc) is 2.45. The molecule has 7 nitrogen and oxygen atoms in total. The summed E-state index contributed by atoms with van der Waals surface area (Å²) < 4.78 is 27.1. The minimum absolute atomic E-state index is 0.0101. The molecule has 0 saturated carbocycles. The molecule has 3 N–H and O–H groups in total. The van der Waals surface area contributed by atoms with E-state index < -0.39 is 21.9 Å². The Labute approximate surface area is 134 Å². The first-order valence-corrected chi connectivity index (χ1v) is 8.49. The normalized spacial score (nSPS) is 21.5. The molecule has 23 heavy (non-hydrogen) atoms. The number of anilines is 1. The molecule has 0 saturated heterocycles. The smallest absolute Gasteiger partial charge is 0.316 e. The first kappa shape index (κ1) is 17.2. The van der Waals surface area contributed by atoms with Crippen LogP contribution in [0.5, 0.6) is 0 Å². The van der Waals surface area contributed by atoms with Crippen LogP contribution in [0.3, 0.4) is 0 Å². The molecule has 1 aliphatic carbocycles. The highest BCUT2D eigenvalue weighted by atomic mass is 32.2. The van der Waals surface area contributed by atoms with E-state index in [0.717, 1.165) is 0 Å². The molecule has 0 bridgehead atoms. The minimum atomic E-state index is -3.74. The van der Waals surface area contributed by atoms with Gasteiger partial charge >= 0.3 is 5.97 Å². The number of primary sulfonamides is 1. The largest absolute Gasteiger partial charge is 0.468 e. The number of methoxy groups -OCH3 is 1. The van der Waals surface area contributed by atoms with Crippen LogP contribution in [0.4, 0.5) is 5.69 Å². The van der Waals surface area contributed by atoms with Crippen molar-refractivity contribution in [2.45, 2.75) is 18.2 Å². The zero-order chi connectivity index (χ0) is 17.2. The fraction of sp³-hybridized carbons (Fsp3) is 0.333. The summed E-state index contributed by atoms with van der Waals surface area (Å²) in [7, 11) is -2.48. The van der Waals surface area contributed by atoms with Crippen molar-refractivity contribution in [3.8, 4) is 0 Å². The maximum atomic E-state index is 12.1. The van der Waals surface area contributed by atoms with Gasteiger partial charge in [-0.3, -0.25) is 9.59 Å². The van der Waals surface area contributed by atoms with E-state index >= 15 is 0 Å². The van der Waals surface area contributed by atoms with Gasteiger partial charge in [-0.25, -0.2) is 13.6 Å². The van der Waals surface area contributed by atoms with E-state index in [9.17, 15) is 18.0 Å². The molecule has 1 aromatic carbocycles. The maximum absolute atomic E-state index is 12.1. The third-order valence-corrected chi connectivity index (χ3v) is 4.61. The van der Waals surface area contributed by atoms with Gasteiger partial charge in [0, 0.05) is 17.5 Å². The number of carbonyl (C=O) groups is 2. The number of allylic oxidation sites excluding steroid dienone is 2. The lowest BCUT2D eigenvalue weighted by molar-refractivity contribution is -0.150. The Morgan fingerprint density at radius 2 is 1.91 bits per heavy atom. The lowest BCUT2D eigenvalue weighted by atomic mass is 9.82. The minimum Gasteiger partial charge on any atom is -0.468 e. The van der Waals surface area contributed by atoms with E-state index in [-0.39, 0.29) is 16.6 Å². The molecule has 0 spiro atoms.